The fourth-order valence-electron chi connectivity index (χ4n) is 0.919. The maximum absolute atomic E-state index is 11.2. The number of hydrogen-bond acceptors (Lipinski definition) is 2. The zero-order valence-electron chi connectivity index (χ0n) is 11.4. The Morgan fingerprint density at radius 1 is 1.29 bits per heavy atom. The number of alkyl halides is 1. The van der Waals surface area contributed by atoms with Crippen molar-refractivity contribution < 1.29 is 19.1 Å². The summed E-state index contributed by atoms with van der Waals surface area (Å²) in [6, 6.07) is 4.72. The molecule has 0 radical (unpaired) electrons. The van der Waals surface area contributed by atoms with Gasteiger partial charge in [0.15, 0.2) is 0 Å². The molecule has 2 amide bonds. The first-order valence-corrected chi connectivity index (χ1v) is 8.69. The van der Waals surface area contributed by atoms with Crippen LogP contribution in [-0.2, 0) is 4.57 Å². The van der Waals surface area contributed by atoms with Crippen molar-refractivity contribution in [1.29, 1.82) is 0 Å². The van der Waals surface area contributed by atoms with Crippen molar-refractivity contribution in [3.63, 3.8) is 0 Å². The third kappa shape index (κ3) is 9.96. The van der Waals surface area contributed by atoms with Crippen molar-refractivity contribution >= 4 is 54.1 Å². The zero-order valence-corrected chi connectivity index (χ0v) is 14.5. The maximum Gasteiger partial charge on any atom is 0.326 e. The Hall–Kier alpha value is -0.490. The van der Waals surface area contributed by atoms with Crippen molar-refractivity contribution in [2.24, 2.45) is 0 Å². The molecule has 1 aromatic rings. The highest BCUT2D eigenvalue weighted by Gasteiger charge is 2.09. The summed E-state index contributed by atoms with van der Waals surface area (Å²) >= 11 is 16.5. The lowest BCUT2D eigenvalue weighted by Gasteiger charge is -2.12. The van der Waals surface area contributed by atoms with E-state index in [1.54, 1.807) is 32.3 Å². The summed E-state index contributed by atoms with van der Waals surface area (Å²) in [6.07, 6.45) is -0.228. The normalized spacial score (nSPS) is 10.4. The van der Waals surface area contributed by atoms with Crippen molar-refractivity contribution in [1.82, 2.24) is 4.90 Å². The first-order chi connectivity index (χ1) is 9.56. The van der Waals surface area contributed by atoms with Gasteiger partial charge in [0.1, 0.15) is 0 Å². The predicted molar refractivity (Wildman–Crippen MR) is 86.8 cm³/mol. The van der Waals surface area contributed by atoms with Crippen molar-refractivity contribution in [3.8, 4) is 0 Å². The van der Waals surface area contributed by atoms with Crippen molar-refractivity contribution in [3.05, 3.63) is 28.2 Å². The van der Waals surface area contributed by atoms with Gasteiger partial charge in [0, 0.05) is 25.7 Å². The number of anilines is 1. The molecule has 0 aromatic heterocycles. The summed E-state index contributed by atoms with van der Waals surface area (Å²) < 4.78 is 9.84. The average Bonchev–Trinajstić information content (AvgIpc) is 2.33. The Balaban J connectivity index is 0.000000486. The quantitative estimate of drug-likeness (QED) is 0.555. The highest BCUT2D eigenvalue weighted by molar-refractivity contribution is 7.51. The third-order valence-corrected chi connectivity index (χ3v) is 3.95. The van der Waals surface area contributed by atoms with Gasteiger partial charge < -0.3 is 20.0 Å². The number of benzene rings is 1. The van der Waals surface area contributed by atoms with E-state index in [0.29, 0.717) is 15.7 Å². The monoisotopic (exact) mass is 376 g/mol. The molecule has 0 unspecified atom stereocenters. The molecule has 120 valence electrons. The van der Waals surface area contributed by atoms with Crippen molar-refractivity contribution in [2.75, 3.05) is 31.5 Å². The molecule has 0 heterocycles. The molecular weight excluding hydrogens is 361 g/mol. The van der Waals surface area contributed by atoms with E-state index in [1.807, 2.05) is 0 Å². The minimum absolute atomic E-state index is 0.0181. The van der Waals surface area contributed by atoms with E-state index in [-0.39, 0.29) is 18.1 Å². The second-order valence-corrected chi connectivity index (χ2v) is 7.00. The Labute approximate surface area is 138 Å². The van der Waals surface area contributed by atoms with Crippen LogP contribution in [0, 0.1) is 0 Å². The lowest BCUT2D eigenvalue weighted by atomic mass is 10.3. The second kappa shape index (κ2) is 9.51. The molecule has 0 bridgehead atoms. The Morgan fingerprint density at radius 2 is 1.86 bits per heavy atom. The molecule has 0 spiro atoms. The van der Waals surface area contributed by atoms with E-state index in [1.165, 1.54) is 4.90 Å². The molecule has 0 fully saturated rings. The first-order valence-electron chi connectivity index (χ1n) is 5.60. The van der Waals surface area contributed by atoms with Gasteiger partial charge in [-0.25, -0.2) is 4.79 Å². The van der Waals surface area contributed by atoms with E-state index in [4.69, 9.17) is 44.6 Å². The lowest BCUT2D eigenvalue weighted by Crippen LogP contribution is -2.27. The van der Waals surface area contributed by atoms with Gasteiger partial charge in [-0.3, -0.25) is 4.57 Å². The molecule has 1 aromatic carbocycles. The summed E-state index contributed by atoms with van der Waals surface area (Å²) in [5.41, 5.74) is 0.623. The van der Waals surface area contributed by atoms with Crippen LogP contribution in [0.5, 0.6) is 0 Å². The number of hydrogen-bond donors (Lipinski definition) is 3. The Bertz CT molecular complexity index is 522. The van der Waals surface area contributed by atoms with Crippen LogP contribution in [0.2, 0.25) is 10.0 Å². The summed E-state index contributed by atoms with van der Waals surface area (Å²) in [6.45, 7) is 0. The van der Waals surface area contributed by atoms with E-state index in [0.717, 1.165) is 0 Å². The lowest BCUT2D eigenvalue weighted by molar-refractivity contribution is 0.230. The highest BCUT2D eigenvalue weighted by Crippen LogP contribution is 2.33. The van der Waals surface area contributed by atoms with Crippen LogP contribution in [0.15, 0.2) is 18.2 Å². The van der Waals surface area contributed by atoms with Crippen LogP contribution in [0.4, 0.5) is 10.5 Å². The van der Waals surface area contributed by atoms with E-state index >= 15 is 0 Å². The molecule has 0 saturated carbocycles. The van der Waals surface area contributed by atoms with Crippen LogP contribution >= 0.6 is 42.4 Å². The van der Waals surface area contributed by atoms with Gasteiger partial charge in [0.25, 0.3) is 0 Å². The molecule has 0 aliphatic rings. The van der Waals surface area contributed by atoms with Gasteiger partial charge in [-0.05, 0) is 18.2 Å². The van der Waals surface area contributed by atoms with Crippen LogP contribution in [0.1, 0.15) is 0 Å². The number of nitrogens with zero attached hydrogens (tertiary/aromatic N) is 1. The number of urea groups is 1. The second-order valence-electron chi connectivity index (χ2n) is 4.03. The molecule has 0 atom stereocenters. The SMILES string of the molecule is CN(C)C(=O)Nc1ccc(Cl)c(Cl)c1.O=P(O)(O)CCCl. The number of rotatable bonds is 3. The Morgan fingerprint density at radius 3 is 2.19 bits per heavy atom. The summed E-state index contributed by atoms with van der Waals surface area (Å²) in [5.74, 6) is 0.0181. The highest BCUT2D eigenvalue weighted by atomic mass is 35.5. The molecular formula is C11H16Cl3N2O4P. The zero-order chi connectivity index (χ0) is 16.6. The minimum atomic E-state index is -3.80. The van der Waals surface area contributed by atoms with Gasteiger partial charge in [-0.2, -0.15) is 0 Å². The van der Waals surface area contributed by atoms with Gasteiger partial charge in [-0.15, -0.1) is 11.6 Å². The summed E-state index contributed by atoms with van der Waals surface area (Å²) in [4.78, 5) is 28.8. The number of halogens is 3. The summed E-state index contributed by atoms with van der Waals surface area (Å²) in [7, 11) is -0.478. The topological polar surface area (TPSA) is 89.9 Å². The molecule has 3 N–H and O–H groups in total. The van der Waals surface area contributed by atoms with Gasteiger partial charge in [0.05, 0.1) is 16.2 Å². The summed E-state index contributed by atoms with van der Waals surface area (Å²) in [5, 5.41) is 3.54. The van der Waals surface area contributed by atoms with Crippen LogP contribution in [-0.4, -0.2) is 46.9 Å². The van der Waals surface area contributed by atoms with Crippen molar-refractivity contribution in [2.45, 2.75) is 0 Å². The molecule has 21 heavy (non-hydrogen) atoms. The smallest absolute Gasteiger partial charge is 0.326 e. The standard InChI is InChI=1S/C9H10Cl2N2O.C2H6ClO3P/c1-13(2)9(14)12-6-3-4-7(10)8(11)5-6;3-1-2-7(4,5)6/h3-5H,1-2H3,(H,12,14);1-2H2,(H2,4,5,6). The van der Waals surface area contributed by atoms with E-state index < -0.39 is 7.60 Å². The number of nitrogens with one attached hydrogen (secondary N) is 1. The van der Waals surface area contributed by atoms with Gasteiger partial charge in [-0.1, -0.05) is 23.2 Å². The number of carbonyl (C=O) groups excluding carboxylic acids is 1. The van der Waals surface area contributed by atoms with E-state index in [2.05, 4.69) is 5.32 Å². The molecule has 1 rings (SSSR count). The van der Waals surface area contributed by atoms with Crippen LogP contribution in [0.25, 0.3) is 0 Å². The van der Waals surface area contributed by atoms with Gasteiger partial charge in [0.2, 0.25) is 0 Å². The first kappa shape index (κ1) is 20.5. The largest absolute Gasteiger partial charge is 0.331 e. The molecule has 0 aliphatic heterocycles. The fraction of sp³-hybridized carbons (Fsp3) is 0.364. The van der Waals surface area contributed by atoms with Crippen LogP contribution < -0.4 is 5.32 Å². The minimum Gasteiger partial charge on any atom is -0.331 e. The molecule has 6 nitrogen and oxygen atoms in total. The average molecular weight is 378 g/mol. The number of amides is 2. The van der Waals surface area contributed by atoms with Crippen LogP contribution in [0.3, 0.4) is 0 Å². The predicted octanol–water partition coefficient (Wildman–Crippen LogP) is 3.49. The third-order valence-electron chi connectivity index (χ3n) is 1.95. The number of carbonyl (C=O) groups is 1. The Kier molecular flexibility index (Phi) is 9.29. The molecule has 0 saturated heterocycles. The van der Waals surface area contributed by atoms with Gasteiger partial charge >= 0.3 is 13.6 Å². The molecule has 10 heteroatoms. The maximum atomic E-state index is 11.2. The molecule has 0 aliphatic carbocycles. The fourth-order valence-corrected chi connectivity index (χ4v) is 2.10. The van der Waals surface area contributed by atoms with E-state index in [9.17, 15) is 9.36 Å².